The highest BCUT2D eigenvalue weighted by molar-refractivity contribution is 9.10. The van der Waals surface area contributed by atoms with Crippen molar-refractivity contribution in [3.63, 3.8) is 0 Å². The predicted molar refractivity (Wildman–Crippen MR) is 592 cm³/mol. The fourth-order valence-corrected chi connectivity index (χ4v) is 18.9. The number of hydrogen-bond acceptors (Lipinski definition) is 12. The summed E-state index contributed by atoms with van der Waals surface area (Å²) in [6.07, 6.45) is 0. The van der Waals surface area contributed by atoms with Gasteiger partial charge in [0.15, 0.2) is 23.3 Å². The fourth-order valence-electron chi connectivity index (χ4n) is 18.7. The minimum atomic E-state index is -0.500. The minimum absolute atomic E-state index is 0.445. The molecule has 24 aromatic rings. The Morgan fingerprint density at radius 1 is 0.194 bits per heavy atom. The van der Waals surface area contributed by atoms with E-state index in [4.69, 9.17) is 58.0 Å². The zero-order valence-corrected chi connectivity index (χ0v) is 80.9. The average Bonchev–Trinajstić information content (AvgIpc) is 1.59. The second-order valence-corrected chi connectivity index (χ2v) is 37.6. The lowest BCUT2D eigenvalue weighted by molar-refractivity contribution is 0.00578. The van der Waals surface area contributed by atoms with Crippen molar-refractivity contribution in [3.8, 4) is 191 Å². The Bertz CT molecular complexity index is 8640. The zero-order chi connectivity index (χ0) is 97.0. The molecule has 1 saturated heterocycles. The third-order valence-electron chi connectivity index (χ3n) is 26.9. The second-order valence-electron chi connectivity index (χ2n) is 36.7. The van der Waals surface area contributed by atoms with Gasteiger partial charge in [-0.3, -0.25) is 0 Å². The molecule has 0 amide bonds. The first-order valence-electron chi connectivity index (χ1n) is 48.3. The molecule has 0 N–H and O–H groups in total. The number of furan rings is 2. The third kappa shape index (κ3) is 18.8. The summed E-state index contributed by atoms with van der Waals surface area (Å²) in [7, 11) is -0.500. The van der Waals surface area contributed by atoms with Crippen LogP contribution in [0.25, 0.3) is 235 Å². The van der Waals surface area contributed by atoms with Gasteiger partial charge in [-0.05, 0) is 144 Å². The Balaban J connectivity index is 0.000000129. The number of para-hydroxylation sites is 2. The number of hydrogen-bond donors (Lipinski definition) is 0. The van der Waals surface area contributed by atoms with Crippen molar-refractivity contribution >= 4 is 72.4 Å². The van der Waals surface area contributed by atoms with E-state index in [1.54, 1.807) is 0 Å². The van der Waals surface area contributed by atoms with Crippen molar-refractivity contribution in [1.82, 2.24) is 39.9 Å². The van der Waals surface area contributed by atoms with Gasteiger partial charge in [0.05, 0.1) is 56.8 Å². The summed E-state index contributed by atoms with van der Waals surface area (Å²) < 4.78 is 27.3. The van der Waals surface area contributed by atoms with Crippen LogP contribution in [0.3, 0.4) is 0 Å². The molecule has 14 heteroatoms. The first-order chi connectivity index (χ1) is 70.7. The number of halogens is 1. The van der Waals surface area contributed by atoms with Crippen molar-refractivity contribution in [2.75, 3.05) is 0 Å². The second kappa shape index (κ2) is 39.6. The van der Waals surface area contributed by atoms with E-state index in [1.807, 2.05) is 188 Å². The summed E-state index contributed by atoms with van der Waals surface area (Å²) in [5, 5.41) is 4.22. The van der Waals surface area contributed by atoms with E-state index in [2.05, 4.69) is 341 Å². The molecule has 144 heavy (non-hydrogen) atoms. The van der Waals surface area contributed by atoms with Crippen LogP contribution in [0, 0.1) is 0 Å². The molecule has 1 fully saturated rings. The number of aromatic nitrogens is 8. The largest absolute Gasteiger partial charge is 0.495 e. The average molecular weight is 1920 g/mol. The Labute approximate surface area is 844 Å². The summed E-state index contributed by atoms with van der Waals surface area (Å²) >= 11 is 3.52. The normalized spacial score (nSPS) is 12.5. The van der Waals surface area contributed by atoms with Crippen molar-refractivity contribution in [1.29, 1.82) is 0 Å². The molecule has 0 saturated carbocycles. The standard InChI is InChI=1S/C62H40N4O.C40H33BN2O3.C28H19BrN2/c1-5-16-41(17-6-1)49-24-15-25-50(38-49)57-40-56(65-62(66-57)48-22-11-4-12-23-48)45-32-28-42(29-33-45)51-36-37-52(60-59(51)53-26-13-14-27-58(53)67-60)43-30-34-46(35-31-43)55-39-54(44-18-7-2-8-19-44)63-61(64-55)47-20-9-3-10-21-47;1-39(2)40(3,4)46-41(45-39)32-24-23-30(37-36(32)31-17-11-12-18-35(31)44-37)26-19-21-28(22-20-26)34-25-33(27-13-7-5-8-14-27)42-38(43-34)29-15-9-6-10-16-29;29-25-16-14-21(15-17-25)26-19-27(31-28(30-26)22-10-5-2-6-11-22)24-13-7-12-23(18-24)20-8-3-1-4-9-20/h1-40H;5-25H,1-4H3;1-19H. The number of benzene rings is 18. The van der Waals surface area contributed by atoms with Gasteiger partial charge in [-0.25, -0.2) is 39.9 Å². The van der Waals surface area contributed by atoms with Gasteiger partial charge in [0.1, 0.15) is 22.3 Å². The summed E-state index contributed by atoms with van der Waals surface area (Å²) in [5.41, 5.74) is 33.6. The Hall–Kier alpha value is -17.7. The molecule has 1 aliphatic rings. The van der Waals surface area contributed by atoms with Gasteiger partial charge < -0.3 is 18.1 Å². The lowest BCUT2D eigenvalue weighted by atomic mass is 9.75. The van der Waals surface area contributed by atoms with E-state index in [-0.39, 0.29) is 0 Å². The number of rotatable bonds is 18. The monoisotopic (exact) mass is 1920 g/mol. The maximum atomic E-state index is 6.75. The van der Waals surface area contributed by atoms with E-state index in [9.17, 15) is 0 Å². The molecule has 7 heterocycles. The molecule has 1 aliphatic heterocycles. The topological polar surface area (TPSA) is 148 Å². The summed E-state index contributed by atoms with van der Waals surface area (Å²) in [6.45, 7) is 8.32. The van der Waals surface area contributed by atoms with Gasteiger partial charge in [0.25, 0.3) is 0 Å². The minimum Gasteiger partial charge on any atom is -0.455 e. The van der Waals surface area contributed by atoms with E-state index in [1.165, 1.54) is 11.1 Å². The van der Waals surface area contributed by atoms with Gasteiger partial charge >= 0.3 is 7.12 Å². The molecule has 0 radical (unpaired) electrons. The smallest absolute Gasteiger partial charge is 0.455 e. The van der Waals surface area contributed by atoms with Gasteiger partial charge in [-0.2, -0.15) is 0 Å². The molecular weight excluding hydrogens is 1830 g/mol. The quantitative estimate of drug-likeness (QED) is 0.0753. The van der Waals surface area contributed by atoms with Crippen molar-refractivity contribution in [3.05, 3.63) is 490 Å². The van der Waals surface area contributed by atoms with Crippen LogP contribution >= 0.6 is 15.9 Å². The van der Waals surface area contributed by atoms with Crippen molar-refractivity contribution in [2.24, 2.45) is 0 Å². The van der Waals surface area contributed by atoms with Crippen molar-refractivity contribution in [2.45, 2.75) is 38.9 Å². The number of fused-ring (bicyclic) bond motifs is 6. The van der Waals surface area contributed by atoms with Crippen LogP contribution < -0.4 is 5.46 Å². The van der Waals surface area contributed by atoms with E-state index in [0.717, 1.165) is 216 Å². The molecule has 0 aliphatic carbocycles. The van der Waals surface area contributed by atoms with Crippen LogP contribution in [0.5, 0.6) is 0 Å². The molecule has 0 unspecified atom stereocenters. The molecule has 18 aromatic carbocycles. The maximum absolute atomic E-state index is 6.75. The van der Waals surface area contributed by atoms with Crippen LogP contribution in [-0.4, -0.2) is 58.2 Å². The Kier molecular flexibility index (Phi) is 24.8. The molecule has 25 rings (SSSR count). The van der Waals surface area contributed by atoms with Gasteiger partial charge in [-0.1, -0.05) is 435 Å². The van der Waals surface area contributed by atoms with Gasteiger partial charge in [0.2, 0.25) is 0 Å². The van der Waals surface area contributed by atoms with E-state index < -0.39 is 18.3 Å². The lowest BCUT2D eigenvalue weighted by Crippen LogP contribution is -2.41. The van der Waals surface area contributed by atoms with Gasteiger partial charge in [-0.15, -0.1) is 0 Å². The van der Waals surface area contributed by atoms with Crippen LogP contribution in [0.1, 0.15) is 27.7 Å². The molecule has 6 aromatic heterocycles. The molecule has 0 atom stereocenters. The molecule has 686 valence electrons. The van der Waals surface area contributed by atoms with E-state index in [0.29, 0.717) is 17.5 Å². The van der Waals surface area contributed by atoms with Crippen LogP contribution in [0.15, 0.2) is 499 Å². The first kappa shape index (κ1) is 90.2. The van der Waals surface area contributed by atoms with Crippen molar-refractivity contribution < 1.29 is 18.1 Å². The SMILES string of the molecule is Brc1ccc(-c2cc(-c3cccc(-c4ccccc4)c3)nc(-c3ccccc3)n2)cc1.CC1(C)OB(c2ccc(-c3ccc(-c4cc(-c5ccccc5)nc(-c5ccccc5)n4)cc3)c3oc4ccccc4c23)OC1(C)C.c1ccc(-c2cccc(-c3cc(-c4ccc(-c5ccc(-c6ccc(-c7cc(-c8ccccc8)nc(-c8ccccc8)n7)cc6)c6oc7ccccc7c56)cc4)nc(-c4ccccc4)n3)c2)cc1. The number of nitrogens with zero attached hydrogens (tertiary/aromatic N) is 8. The summed E-state index contributed by atoms with van der Waals surface area (Å²) in [5.74, 6) is 2.80. The fraction of sp³-hybridized carbons (Fsp3) is 0.0462. The molecule has 0 bridgehead atoms. The highest BCUT2D eigenvalue weighted by Crippen LogP contribution is 2.46. The first-order valence-corrected chi connectivity index (χ1v) is 49.0. The third-order valence-corrected chi connectivity index (χ3v) is 27.4. The predicted octanol–water partition coefficient (Wildman–Crippen LogP) is 33.4. The van der Waals surface area contributed by atoms with Gasteiger partial charge in [0, 0.05) is 104 Å². The van der Waals surface area contributed by atoms with Crippen LogP contribution in [-0.2, 0) is 9.31 Å². The van der Waals surface area contributed by atoms with E-state index >= 15 is 0 Å². The van der Waals surface area contributed by atoms with Crippen LogP contribution in [0.2, 0.25) is 0 Å². The zero-order valence-electron chi connectivity index (χ0n) is 79.4. The van der Waals surface area contributed by atoms with Crippen LogP contribution in [0.4, 0.5) is 0 Å². The Morgan fingerprint density at radius 3 is 0.771 bits per heavy atom. The maximum Gasteiger partial charge on any atom is 0.495 e. The summed E-state index contributed by atoms with van der Waals surface area (Å²) in [4.78, 5) is 40.1. The highest BCUT2D eigenvalue weighted by Gasteiger charge is 2.52. The Morgan fingerprint density at radius 2 is 0.431 bits per heavy atom. The highest BCUT2D eigenvalue weighted by atomic mass is 79.9. The molecule has 12 nitrogen and oxygen atoms in total. The summed E-state index contributed by atoms with van der Waals surface area (Å²) in [6, 6.07) is 167. The lowest BCUT2D eigenvalue weighted by Gasteiger charge is -2.32. The molecule has 0 spiro atoms. The molecular formula is C130H92BBrN8O4.